The van der Waals surface area contributed by atoms with Crippen molar-refractivity contribution in [2.45, 2.75) is 0 Å². The number of nitrogens with zero attached hydrogens (tertiary/aromatic N) is 4. The van der Waals surface area contributed by atoms with Gasteiger partial charge in [0.15, 0.2) is 0 Å². The minimum atomic E-state index is -0.905. The Hall–Kier alpha value is -3.58. The van der Waals surface area contributed by atoms with Crippen LogP contribution >= 0.6 is 11.6 Å². The molecule has 0 amide bonds. The number of rotatable bonds is 4. The third kappa shape index (κ3) is 3.92. The summed E-state index contributed by atoms with van der Waals surface area (Å²) in [6, 6.07) is 16.7. The number of hydrogen-bond donors (Lipinski definition) is 2. The van der Waals surface area contributed by atoms with Crippen molar-refractivity contribution >= 4 is 40.1 Å². The van der Waals surface area contributed by atoms with Crippen molar-refractivity contribution < 1.29 is 9.90 Å². The molecule has 2 aromatic heterocycles. The molecule has 3 heterocycles. The second-order valence-electron chi connectivity index (χ2n) is 7.48. The topological polar surface area (TPSA) is 85.4 Å². The Morgan fingerprint density at radius 3 is 2.55 bits per heavy atom. The third-order valence-electron chi connectivity index (χ3n) is 5.53. The quantitative estimate of drug-likeness (QED) is 0.499. The summed E-state index contributed by atoms with van der Waals surface area (Å²) >= 11 is 6.05. The van der Waals surface area contributed by atoms with E-state index in [1.807, 2.05) is 42.6 Å². The lowest BCUT2D eigenvalue weighted by atomic mass is 10.1. The van der Waals surface area contributed by atoms with Crippen LogP contribution in [0.4, 0.5) is 11.5 Å². The first-order chi connectivity index (χ1) is 15.1. The molecule has 31 heavy (non-hydrogen) atoms. The van der Waals surface area contributed by atoms with Gasteiger partial charge >= 0.3 is 5.97 Å². The van der Waals surface area contributed by atoms with Crippen LogP contribution in [-0.2, 0) is 0 Å². The highest BCUT2D eigenvalue weighted by atomic mass is 35.5. The van der Waals surface area contributed by atoms with Crippen molar-refractivity contribution in [1.82, 2.24) is 15.0 Å². The normalized spacial score (nSPS) is 14.2. The van der Waals surface area contributed by atoms with E-state index in [9.17, 15) is 9.90 Å². The van der Waals surface area contributed by atoms with E-state index in [-0.39, 0.29) is 0 Å². The fraction of sp³-hybridized carbons (Fsp3) is 0.174. The number of aromatic carboxylic acids is 1. The van der Waals surface area contributed by atoms with E-state index in [1.165, 1.54) is 0 Å². The Morgan fingerprint density at radius 1 is 1.00 bits per heavy atom. The Morgan fingerprint density at radius 2 is 1.81 bits per heavy atom. The van der Waals surface area contributed by atoms with Gasteiger partial charge in [0.1, 0.15) is 11.6 Å². The lowest BCUT2D eigenvalue weighted by Crippen LogP contribution is -2.46. The molecule has 7 nitrogen and oxygen atoms in total. The van der Waals surface area contributed by atoms with Crippen LogP contribution in [0.15, 0.2) is 60.8 Å². The number of halogens is 1. The second-order valence-corrected chi connectivity index (χ2v) is 7.92. The lowest BCUT2D eigenvalue weighted by molar-refractivity contribution is 0.0697. The Bertz CT molecular complexity index is 1250. The van der Waals surface area contributed by atoms with Crippen molar-refractivity contribution in [3.05, 3.63) is 71.4 Å². The first-order valence-corrected chi connectivity index (χ1v) is 10.4. The maximum Gasteiger partial charge on any atom is 0.335 e. The monoisotopic (exact) mass is 433 g/mol. The summed E-state index contributed by atoms with van der Waals surface area (Å²) in [7, 11) is 0. The number of H-pyrrole nitrogens is 1. The van der Waals surface area contributed by atoms with Crippen LogP contribution in [0.1, 0.15) is 10.4 Å². The SMILES string of the molecule is O=C(O)c1cccc(N2CCN(c3ccc(-c4nc5cc(Cl)ccc5[nH]4)cn3)CC2)c1. The zero-order valence-electron chi connectivity index (χ0n) is 16.6. The Balaban J connectivity index is 1.27. The molecule has 4 aromatic rings. The number of pyridine rings is 1. The first-order valence-electron chi connectivity index (χ1n) is 10.0. The van der Waals surface area contributed by atoms with Crippen LogP contribution in [0.25, 0.3) is 22.4 Å². The van der Waals surface area contributed by atoms with Gasteiger partial charge in [0.05, 0.1) is 16.6 Å². The molecule has 0 bridgehead atoms. The number of nitrogens with one attached hydrogen (secondary N) is 1. The molecule has 156 valence electrons. The van der Waals surface area contributed by atoms with Gasteiger partial charge in [0, 0.05) is 48.6 Å². The standard InChI is InChI=1S/C23H20ClN5O2/c24-17-5-6-19-20(13-17)27-22(26-19)16-4-7-21(25-14-16)29-10-8-28(9-11-29)18-3-1-2-15(12-18)23(30)31/h1-7,12-14H,8-11H2,(H,26,27)(H,30,31). The van der Waals surface area contributed by atoms with E-state index in [2.05, 4.69) is 24.8 Å². The molecular weight excluding hydrogens is 414 g/mol. The molecule has 1 aliphatic heterocycles. The van der Waals surface area contributed by atoms with E-state index in [4.69, 9.17) is 11.6 Å². The number of carboxylic acid groups (broad SMARTS) is 1. The molecule has 0 radical (unpaired) electrons. The minimum absolute atomic E-state index is 0.310. The minimum Gasteiger partial charge on any atom is -0.478 e. The summed E-state index contributed by atoms with van der Waals surface area (Å²) in [4.78, 5) is 28.2. The number of piperazine rings is 1. The summed E-state index contributed by atoms with van der Waals surface area (Å²) in [5.74, 6) is 0.776. The van der Waals surface area contributed by atoms with Gasteiger partial charge in [0.2, 0.25) is 0 Å². The molecule has 0 spiro atoms. The van der Waals surface area contributed by atoms with E-state index < -0.39 is 5.97 Å². The molecule has 0 unspecified atom stereocenters. The third-order valence-corrected chi connectivity index (χ3v) is 5.76. The average Bonchev–Trinajstić information content (AvgIpc) is 3.22. The lowest BCUT2D eigenvalue weighted by Gasteiger charge is -2.36. The zero-order chi connectivity index (χ0) is 21.4. The first kappa shape index (κ1) is 19.4. The second kappa shape index (κ2) is 7.92. The van der Waals surface area contributed by atoms with Gasteiger partial charge in [-0.05, 0) is 48.5 Å². The summed E-state index contributed by atoms with van der Waals surface area (Å²) < 4.78 is 0. The van der Waals surface area contributed by atoms with E-state index in [1.54, 1.807) is 18.2 Å². The molecule has 8 heteroatoms. The molecule has 1 fully saturated rings. The van der Waals surface area contributed by atoms with Gasteiger partial charge in [-0.2, -0.15) is 0 Å². The maximum atomic E-state index is 11.2. The van der Waals surface area contributed by atoms with Crippen molar-refractivity contribution in [2.75, 3.05) is 36.0 Å². The highest BCUT2D eigenvalue weighted by molar-refractivity contribution is 6.31. The summed E-state index contributed by atoms with van der Waals surface area (Å²) in [6.45, 7) is 3.23. The number of anilines is 2. The molecule has 2 aromatic carbocycles. The summed E-state index contributed by atoms with van der Waals surface area (Å²) in [6.07, 6.45) is 1.83. The fourth-order valence-electron chi connectivity index (χ4n) is 3.86. The average molecular weight is 434 g/mol. The number of fused-ring (bicyclic) bond motifs is 1. The number of imidazole rings is 1. The van der Waals surface area contributed by atoms with E-state index in [0.717, 1.165) is 60.1 Å². The predicted octanol–water partition coefficient (Wildman–Crippen LogP) is 4.30. The van der Waals surface area contributed by atoms with Gasteiger partial charge in [-0.15, -0.1) is 0 Å². The van der Waals surface area contributed by atoms with Crippen LogP contribution in [-0.4, -0.2) is 52.2 Å². The summed E-state index contributed by atoms with van der Waals surface area (Å²) in [5, 5.41) is 9.87. The molecule has 0 saturated carbocycles. The smallest absolute Gasteiger partial charge is 0.335 e. The van der Waals surface area contributed by atoms with Crippen molar-refractivity contribution in [3.63, 3.8) is 0 Å². The van der Waals surface area contributed by atoms with E-state index in [0.29, 0.717) is 10.6 Å². The van der Waals surface area contributed by atoms with Crippen molar-refractivity contribution in [3.8, 4) is 11.4 Å². The van der Waals surface area contributed by atoms with Crippen LogP contribution in [0.5, 0.6) is 0 Å². The molecule has 1 saturated heterocycles. The molecule has 2 N–H and O–H groups in total. The molecule has 0 atom stereocenters. The van der Waals surface area contributed by atoms with Gasteiger partial charge in [-0.3, -0.25) is 0 Å². The highest BCUT2D eigenvalue weighted by Gasteiger charge is 2.19. The van der Waals surface area contributed by atoms with Crippen LogP contribution < -0.4 is 9.80 Å². The Kier molecular flexibility index (Phi) is 4.95. The molecular formula is C23H20ClN5O2. The highest BCUT2D eigenvalue weighted by Crippen LogP contribution is 2.25. The van der Waals surface area contributed by atoms with Crippen LogP contribution in [0.2, 0.25) is 5.02 Å². The van der Waals surface area contributed by atoms with Crippen LogP contribution in [0.3, 0.4) is 0 Å². The van der Waals surface area contributed by atoms with Crippen molar-refractivity contribution in [2.24, 2.45) is 0 Å². The number of aromatic nitrogens is 3. The molecule has 1 aliphatic rings. The van der Waals surface area contributed by atoms with Crippen LogP contribution in [0, 0.1) is 0 Å². The van der Waals surface area contributed by atoms with E-state index >= 15 is 0 Å². The van der Waals surface area contributed by atoms with Gasteiger partial charge in [-0.1, -0.05) is 17.7 Å². The largest absolute Gasteiger partial charge is 0.478 e. The Labute approximate surface area is 183 Å². The number of hydrogen-bond acceptors (Lipinski definition) is 5. The fourth-order valence-corrected chi connectivity index (χ4v) is 4.02. The number of carbonyl (C=O) groups is 1. The van der Waals surface area contributed by atoms with Gasteiger partial charge in [0.25, 0.3) is 0 Å². The number of benzene rings is 2. The molecule has 5 rings (SSSR count). The van der Waals surface area contributed by atoms with Gasteiger partial charge < -0.3 is 19.9 Å². The maximum absolute atomic E-state index is 11.2. The predicted molar refractivity (Wildman–Crippen MR) is 122 cm³/mol. The van der Waals surface area contributed by atoms with Gasteiger partial charge in [-0.25, -0.2) is 14.8 Å². The number of aromatic amines is 1. The van der Waals surface area contributed by atoms with Crippen molar-refractivity contribution in [1.29, 1.82) is 0 Å². The molecule has 0 aliphatic carbocycles. The summed E-state index contributed by atoms with van der Waals surface area (Å²) in [5.41, 5.74) is 3.93. The number of carboxylic acids is 1. The zero-order valence-corrected chi connectivity index (χ0v) is 17.4.